The summed E-state index contributed by atoms with van der Waals surface area (Å²) in [5.74, 6) is 0. The van der Waals surface area contributed by atoms with Crippen molar-refractivity contribution >= 4 is 20.7 Å². The van der Waals surface area contributed by atoms with Crippen molar-refractivity contribution < 1.29 is 8.42 Å². The van der Waals surface area contributed by atoms with Crippen LogP contribution in [0.3, 0.4) is 0 Å². The van der Waals surface area contributed by atoms with E-state index in [2.05, 4.69) is 4.98 Å². The van der Waals surface area contributed by atoms with Gasteiger partial charge < -0.3 is 4.98 Å². The summed E-state index contributed by atoms with van der Waals surface area (Å²) in [7, 11) is -3.04. The van der Waals surface area contributed by atoms with Crippen molar-refractivity contribution in [3.63, 3.8) is 0 Å². The lowest BCUT2D eigenvalue weighted by Crippen LogP contribution is -2.06. The monoisotopic (exact) mass is 223 g/mol. The molecule has 1 atom stereocenters. The number of hydrogen-bond acceptors (Lipinski definition) is 2. The van der Waals surface area contributed by atoms with Crippen molar-refractivity contribution in [3.05, 3.63) is 36.0 Å². The maximum Gasteiger partial charge on any atom is 0.154 e. The maximum atomic E-state index is 11.5. The Morgan fingerprint density at radius 1 is 1.27 bits per heavy atom. The maximum absolute atomic E-state index is 11.5. The van der Waals surface area contributed by atoms with Gasteiger partial charge in [-0.25, -0.2) is 8.42 Å². The topological polar surface area (TPSA) is 49.9 Å². The normalized spacial score (nSPS) is 14.3. The molecule has 0 spiro atoms. The van der Waals surface area contributed by atoms with Gasteiger partial charge in [-0.2, -0.15) is 0 Å². The molecule has 1 heterocycles. The number of benzene rings is 1. The van der Waals surface area contributed by atoms with Crippen LogP contribution in [0, 0.1) is 0 Å². The van der Waals surface area contributed by atoms with Crippen LogP contribution in [0.1, 0.15) is 17.7 Å². The Labute approximate surface area is 89.0 Å². The van der Waals surface area contributed by atoms with Crippen LogP contribution in [-0.2, 0) is 9.84 Å². The molecule has 0 bridgehead atoms. The number of H-pyrrole nitrogens is 1. The fourth-order valence-corrected chi connectivity index (χ4v) is 2.32. The number of aromatic nitrogens is 1. The zero-order valence-electron chi connectivity index (χ0n) is 8.69. The zero-order chi connectivity index (χ0) is 11.1. The number of fused-ring (bicyclic) bond motifs is 1. The summed E-state index contributed by atoms with van der Waals surface area (Å²) in [6.45, 7) is 1.71. The smallest absolute Gasteiger partial charge is 0.154 e. The molecule has 80 valence electrons. The first-order chi connectivity index (χ1) is 7.00. The molecule has 2 rings (SSSR count). The number of rotatable bonds is 2. The third kappa shape index (κ3) is 1.77. The van der Waals surface area contributed by atoms with Crippen LogP contribution in [0.15, 0.2) is 30.5 Å². The van der Waals surface area contributed by atoms with Gasteiger partial charge in [0.25, 0.3) is 0 Å². The molecule has 0 amide bonds. The first kappa shape index (κ1) is 10.2. The minimum absolute atomic E-state index is 0.464. The average molecular weight is 223 g/mol. The molecule has 1 unspecified atom stereocenters. The number of sulfone groups is 1. The summed E-state index contributed by atoms with van der Waals surface area (Å²) < 4.78 is 22.9. The molecule has 0 fully saturated rings. The molecule has 3 nitrogen and oxygen atoms in total. The first-order valence-electron chi connectivity index (χ1n) is 4.75. The standard InChI is InChI=1S/C11H13NO2S/c1-8(15(2,13)14)10-7-12-11-6-4-3-5-9(10)11/h3-8,12H,1-2H3. The fourth-order valence-electron chi connectivity index (χ4n) is 1.66. The van der Waals surface area contributed by atoms with Crippen molar-refractivity contribution in [3.8, 4) is 0 Å². The summed E-state index contributed by atoms with van der Waals surface area (Å²) in [4.78, 5) is 3.08. The first-order valence-corrected chi connectivity index (χ1v) is 6.70. The van der Waals surface area contributed by atoms with Crippen LogP contribution in [-0.4, -0.2) is 19.7 Å². The second-order valence-electron chi connectivity index (χ2n) is 3.76. The highest BCUT2D eigenvalue weighted by atomic mass is 32.2. The molecule has 2 aromatic rings. The molecule has 1 aromatic heterocycles. The number of para-hydroxylation sites is 1. The number of nitrogens with one attached hydrogen (secondary N) is 1. The van der Waals surface area contributed by atoms with E-state index in [0.717, 1.165) is 16.5 Å². The molecule has 0 aliphatic carbocycles. The van der Waals surface area contributed by atoms with Crippen LogP contribution >= 0.6 is 0 Å². The molecule has 4 heteroatoms. The lowest BCUT2D eigenvalue weighted by atomic mass is 10.1. The van der Waals surface area contributed by atoms with Crippen molar-refractivity contribution in [1.29, 1.82) is 0 Å². The molecule has 1 aromatic carbocycles. The van der Waals surface area contributed by atoms with Crippen LogP contribution < -0.4 is 0 Å². The highest BCUT2D eigenvalue weighted by Gasteiger charge is 2.20. The predicted molar refractivity (Wildman–Crippen MR) is 61.6 cm³/mol. The van der Waals surface area contributed by atoms with Gasteiger partial charge >= 0.3 is 0 Å². The minimum Gasteiger partial charge on any atom is -0.361 e. The number of aromatic amines is 1. The molecule has 0 aliphatic heterocycles. The van der Waals surface area contributed by atoms with Crippen molar-refractivity contribution in [2.24, 2.45) is 0 Å². The van der Waals surface area contributed by atoms with Crippen molar-refractivity contribution in [2.45, 2.75) is 12.2 Å². The SMILES string of the molecule is CC(c1c[nH]c2ccccc12)S(C)(=O)=O. The van der Waals surface area contributed by atoms with E-state index in [1.165, 1.54) is 6.26 Å². The Balaban J connectivity index is 2.63. The molecule has 0 saturated carbocycles. The summed E-state index contributed by atoms with van der Waals surface area (Å²) in [6.07, 6.45) is 3.04. The molecular formula is C11H13NO2S. The van der Waals surface area contributed by atoms with Crippen LogP contribution in [0.4, 0.5) is 0 Å². The van der Waals surface area contributed by atoms with E-state index in [9.17, 15) is 8.42 Å². The van der Waals surface area contributed by atoms with Gasteiger partial charge in [0.05, 0.1) is 5.25 Å². The quantitative estimate of drug-likeness (QED) is 0.849. The van der Waals surface area contributed by atoms with Gasteiger partial charge in [0, 0.05) is 23.4 Å². The lowest BCUT2D eigenvalue weighted by molar-refractivity contribution is 0.592. The van der Waals surface area contributed by atoms with E-state index in [-0.39, 0.29) is 0 Å². The van der Waals surface area contributed by atoms with Gasteiger partial charge in [-0.1, -0.05) is 18.2 Å². The highest BCUT2D eigenvalue weighted by Crippen LogP contribution is 2.28. The van der Waals surface area contributed by atoms with Crippen LogP contribution in [0.2, 0.25) is 0 Å². The Morgan fingerprint density at radius 2 is 1.93 bits per heavy atom. The molecule has 1 N–H and O–H groups in total. The van der Waals surface area contributed by atoms with E-state index in [1.807, 2.05) is 24.3 Å². The Morgan fingerprint density at radius 3 is 2.60 bits per heavy atom. The van der Waals surface area contributed by atoms with E-state index in [4.69, 9.17) is 0 Å². The highest BCUT2D eigenvalue weighted by molar-refractivity contribution is 7.90. The van der Waals surface area contributed by atoms with Gasteiger partial charge in [0.1, 0.15) is 0 Å². The second kappa shape index (κ2) is 3.38. The Bertz CT molecular complexity index is 583. The fraction of sp³-hybridized carbons (Fsp3) is 0.273. The summed E-state index contributed by atoms with van der Waals surface area (Å²) >= 11 is 0. The van der Waals surface area contributed by atoms with Crippen molar-refractivity contribution in [1.82, 2.24) is 4.98 Å². The summed E-state index contributed by atoms with van der Waals surface area (Å²) in [5.41, 5.74) is 1.82. The van der Waals surface area contributed by atoms with E-state index in [0.29, 0.717) is 0 Å². The summed E-state index contributed by atoms with van der Waals surface area (Å²) in [5, 5.41) is 0.518. The summed E-state index contributed by atoms with van der Waals surface area (Å²) in [6, 6.07) is 7.71. The van der Waals surface area contributed by atoms with Gasteiger partial charge in [-0.3, -0.25) is 0 Å². The van der Waals surface area contributed by atoms with Crippen molar-refractivity contribution in [2.75, 3.05) is 6.26 Å². The minimum atomic E-state index is -3.04. The molecule has 0 aliphatic rings. The van der Waals surface area contributed by atoms with Gasteiger partial charge in [-0.05, 0) is 18.6 Å². The molecule has 0 radical (unpaired) electrons. The molecular weight excluding hydrogens is 210 g/mol. The second-order valence-corrected chi connectivity index (χ2v) is 6.13. The van der Waals surface area contributed by atoms with Crippen LogP contribution in [0.25, 0.3) is 10.9 Å². The van der Waals surface area contributed by atoms with E-state index >= 15 is 0 Å². The molecule has 0 saturated heterocycles. The third-order valence-electron chi connectivity index (χ3n) is 2.70. The Kier molecular flexibility index (Phi) is 2.31. The predicted octanol–water partition coefficient (Wildman–Crippen LogP) is 2.27. The average Bonchev–Trinajstić information content (AvgIpc) is 2.58. The largest absolute Gasteiger partial charge is 0.361 e. The number of hydrogen-bond donors (Lipinski definition) is 1. The lowest BCUT2D eigenvalue weighted by Gasteiger charge is -2.07. The van der Waals surface area contributed by atoms with Gasteiger partial charge in [0.15, 0.2) is 9.84 Å². The molecule has 15 heavy (non-hydrogen) atoms. The van der Waals surface area contributed by atoms with Gasteiger partial charge in [-0.15, -0.1) is 0 Å². The van der Waals surface area contributed by atoms with Crippen LogP contribution in [0.5, 0.6) is 0 Å². The Hall–Kier alpha value is -1.29. The van der Waals surface area contributed by atoms with Gasteiger partial charge in [0.2, 0.25) is 0 Å². The van der Waals surface area contributed by atoms with E-state index in [1.54, 1.807) is 13.1 Å². The van der Waals surface area contributed by atoms with E-state index < -0.39 is 15.1 Å². The zero-order valence-corrected chi connectivity index (χ0v) is 9.51. The third-order valence-corrected chi connectivity index (χ3v) is 4.24.